The van der Waals surface area contributed by atoms with Crippen LogP contribution in [0.5, 0.6) is 0 Å². The number of allylic oxidation sites excluding steroid dienone is 17. The van der Waals surface area contributed by atoms with Crippen molar-refractivity contribution in [1.29, 1.82) is 0 Å². The highest BCUT2D eigenvalue weighted by Gasteiger charge is 2.50. The zero-order valence-electron chi connectivity index (χ0n) is 47.9. The Hall–Kier alpha value is -4.62. The van der Waals surface area contributed by atoms with Crippen molar-refractivity contribution in [1.82, 2.24) is 0 Å². The third kappa shape index (κ3) is 42.1. The van der Waals surface area contributed by atoms with Crippen LogP contribution in [-0.2, 0) is 42.9 Å². The Balaban J connectivity index is 2.75. The summed E-state index contributed by atoms with van der Waals surface area (Å²) in [6, 6.07) is 0. The number of hydrogen-bond acceptors (Lipinski definition) is 11. The molecule has 436 valence electrons. The normalized spacial score (nSPS) is 18.8. The van der Waals surface area contributed by atoms with Gasteiger partial charge >= 0.3 is 23.9 Å². The lowest BCUT2D eigenvalue weighted by Gasteiger charge is -2.40. The Labute approximate surface area is 465 Å². The molecule has 0 spiro atoms. The Morgan fingerprint density at radius 2 is 0.857 bits per heavy atom. The molecular formula is C65H104O12. The molecule has 0 amide bonds. The average Bonchev–Trinajstić information content (AvgIpc) is 3.42. The molecule has 1 aliphatic rings. The molecule has 1 aliphatic heterocycles. The monoisotopic (exact) mass is 1080 g/mol. The van der Waals surface area contributed by atoms with Crippen LogP contribution < -0.4 is 0 Å². The van der Waals surface area contributed by atoms with Crippen LogP contribution in [0.25, 0.3) is 0 Å². The fourth-order valence-corrected chi connectivity index (χ4v) is 8.33. The van der Waals surface area contributed by atoms with Gasteiger partial charge in [0.25, 0.3) is 0 Å². The number of carbonyl (C=O) groups excluding carboxylic acids is 3. The van der Waals surface area contributed by atoms with Gasteiger partial charge in [-0.15, -0.1) is 0 Å². The molecule has 0 aromatic heterocycles. The van der Waals surface area contributed by atoms with Gasteiger partial charge in [0, 0.05) is 12.8 Å². The van der Waals surface area contributed by atoms with Crippen molar-refractivity contribution < 1.29 is 58.2 Å². The van der Waals surface area contributed by atoms with Crippen molar-refractivity contribution in [3.8, 4) is 0 Å². The first-order valence-electron chi connectivity index (χ1n) is 29.9. The highest BCUT2D eigenvalue weighted by atomic mass is 16.7. The predicted octanol–water partition coefficient (Wildman–Crippen LogP) is 15.4. The molecule has 0 aromatic carbocycles. The van der Waals surface area contributed by atoms with Crippen LogP contribution in [0, 0.1) is 0 Å². The fourth-order valence-electron chi connectivity index (χ4n) is 8.33. The first-order chi connectivity index (χ1) is 37.6. The Bertz CT molecular complexity index is 1750. The van der Waals surface area contributed by atoms with E-state index >= 15 is 0 Å². The maximum absolute atomic E-state index is 13.1. The number of aliphatic hydroxyl groups excluding tert-OH is 2. The van der Waals surface area contributed by atoms with E-state index in [1.165, 1.54) is 51.4 Å². The largest absolute Gasteiger partial charge is 0.479 e. The predicted molar refractivity (Wildman–Crippen MR) is 312 cm³/mol. The molecule has 0 aromatic rings. The van der Waals surface area contributed by atoms with Gasteiger partial charge in [-0.25, -0.2) is 4.79 Å². The molecule has 12 heteroatoms. The smallest absolute Gasteiger partial charge is 0.335 e. The Morgan fingerprint density at radius 1 is 0.455 bits per heavy atom. The van der Waals surface area contributed by atoms with Gasteiger partial charge in [0.1, 0.15) is 18.8 Å². The lowest BCUT2D eigenvalue weighted by atomic mass is 9.98. The zero-order valence-corrected chi connectivity index (χ0v) is 47.9. The second-order valence-corrected chi connectivity index (χ2v) is 19.9. The molecule has 0 aliphatic carbocycles. The molecule has 6 atom stereocenters. The Kier molecular flexibility index (Phi) is 47.6. The number of carboxylic acid groups (broad SMARTS) is 1. The summed E-state index contributed by atoms with van der Waals surface area (Å²) in [5.74, 6) is -3.32. The third-order valence-corrected chi connectivity index (χ3v) is 12.8. The van der Waals surface area contributed by atoms with Gasteiger partial charge in [-0.2, -0.15) is 0 Å². The minimum atomic E-state index is -1.92. The summed E-state index contributed by atoms with van der Waals surface area (Å²) in [5.41, 5.74) is 0. The minimum Gasteiger partial charge on any atom is -0.479 e. The summed E-state index contributed by atoms with van der Waals surface area (Å²) >= 11 is 0. The summed E-state index contributed by atoms with van der Waals surface area (Å²) < 4.78 is 28.3. The molecule has 1 saturated heterocycles. The van der Waals surface area contributed by atoms with Crippen molar-refractivity contribution in [3.05, 3.63) is 109 Å². The fraction of sp³-hybridized carbons (Fsp3) is 0.662. The van der Waals surface area contributed by atoms with E-state index in [1.807, 2.05) is 12.2 Å². The molecule has 1 fully saturated rings. The van der Waals surface area contributed by atoms with Gasteiger partial charge in [0.2, 0.25) is 0 Å². The van der Waals surface area contributed by atoms with E-state index in [1.54, 1.807) is 6.08 Å². The lowest BCUT2D eigenvalue weighted by molar-refractivity contribution is -0.301. The number of hydrogen-bond donors (Lipinski definition) is 3. The summed E-state index contributed by atoms with van der Waals surface area (Å²) in [4.78, 5) is 51.1. The SMILES string of the molecule is CC/C=C\C/C=C\C/C=C\C/C=C\C/C=C\CC(=O)OCC(COC1OC(C(=O)O)C(O)C(O)C1OC(=O)CCCCCCCCC/C=C\CCCCCCCC)OC(=O)CCCCCCC/C=C\C/C=C\C/C=C\CC. The van der Waals surface area contributed by atoms with E-state index in [0.717, 1.165) is 116 Å². The summed E-state index contributed by atoms with van der Waals surface area (Å²) in [6.07, 6.45) is 58.0. The van der Waals surface area contributed by atoms with Crippen molar-refractivity contribution >= 4 is 23.9 Å². The van der Waals surface area contributed by atoms with Crippen LogP contribution in [-0.4, -0.2) is 89.2 Å². The van der Waals surface area contributed by atoms with Crippen molar-refractivity contribution in [2.45, 2.75) is 263 Å². The van der Waals surface area contributed by atoms with Crippen LogP contribution in [0.1, 0.15) is 226 Å². The van der Waals surface area contributed by atoms with E-state index in [2.05, 4.69) is 112 Å². The summed E-state index contributed by atoms with van der Waals surface area (Å²) in [7, 11) is 0. The van der Waals surface area contributed by atoms with Crippen LogP contribution in [0.4, 0.5) is 0 Å². The van der Waals surface area contributed by atoms with Gasteiger partial charge < -0.3 is 39.0 Å². The Morgan fingerprint density at radius 3 is 1.32 bits per heavy atom. The van der Waals surface area contributed by atoms with E-state index in [0.29, 0.717) is 19.3 Å². The molecule has 1 rings (SSSR count). The van der Waals surface area contributed by atoms with Crippen LogP contribution >= 0.6 is 0 Å². The molecule has 77 heavy (non-hydrogen) atoms. The van der Waals surface area contributed by atoms with Crippen molar-refractivity contribution in [2.75, 3.05) is 13.2 Å². The van der Waals surface area contributed by atoms with Crippen LogP contribution in [0.15, 0.2) is 109 Å². The van der Waals surface area contributed by atoms with E-state index in [4.69, 9.17) is 23.7 Å². The standard InChI is InChI=1S/C65H104O12/c1-4-7-10-13-16-19-22-25-28-29-32-35-38-41-44-47-50-53-59(68)76-63-61(70)60(69)62(64(71)72)77-65(63)74-55-56(75-58(67)52-49-46-43-40-37-34-31-27-24-21-18-15-12-9-6-3)54-73-57(66)51-48-45-42-39-36-33-30-26-23-20-17-14-11-8-5-2/h8-9,11-12,17-18,20-21,25-28,30-31,36,39,45,48,56,60-63,65,69-70H,4-7,10,13-16,19,22-24,29,32-35,37-38,40-44,46-47,49-55H2,1-3H3,(H,71,72)/b11-8-,12-9-,20-17-,21-18-,28-25-,30-26-,31-27-,39-36-,48-45-. The van der Waals surface area contributed by atoms with Crippen molar-refractivity contribution in [2.24, 2.45) is 0 Å². The second-order valence-electron chi connectivity index (χ2n) is 19.9. The zero-order chi connectivity index (χ0) is 56.1. The van der Waals surface area contributed by atoms with Gasteiger partial charge in [0.05, 0.1) is 13.0 Å². The summed E-state index contributed by atoms with van der Waals surface area (Å²) in [5, 5.41) is 31.5. The van der Waals surface area contributed by atoms with E-state index in [9.17, 15) is 34.5 Å². The molecule has 12 nitrogen and oxygen atoms in total. The summed E-state index contributed by atoms with van der Waals surface area (Å²) in [6.45, 7) is 5.65. The highest BCUT2D eigenvalue weighted by Crippen LogP contribution is 2.26. The number of carboxylic acids is 1. The minimum absolute atomic E-state index is 0.0236. The topological polar surface area (TPSA) is 175 Å². The number of esters is 3. The van der Waals surface area contributed by atoms with Gasteiger partial charge in [0.15, 0.2) is 24.6 Å². The maximum atomic E-state index is 13.1. The molecule has 6 unspecified atom stereocenters. The van der Waals surface area contributed by atoms with Crippen LogP contribution in [0.3, 0.4) is 0 Å². The van der Waals surface area contributed by atoms with E-state index < -0.39 is 67.3 Å². The molecule has 0 bridgehead atoms. The highest BCUT2D eigenvalue weighted by molar-refractivity contribution is 5.74. The molecule has 3 N–H and O–H groups in total. The number of carbonyl (C=O) groups is 4. The van der Waals surface area contributed by atoms with Gasteiger partial charge in [-0.05, 0) is 103 Å². The number of ether oxygens (including phenoxy) is 5. The number of aliphatic carboxylic acids is 1. The maximum Gasteiger partial charge on any atom is 0.335 e. The second kappa shape index (κ2) is 52.1. The first kappa shape index (κ1) is 70.4. The lowest BCUT2D eigenvalue weighted by Crippen LogP contribution is -2.61. The molecule has 0 saturated carbocycles. The number of unbranched alkanes of at least 4 members (excludes halogenated alkanes) is 18. The number of rotatable bonds is 49. The van der Waals surface area contributed by atoms with Gasteiger partial charge in [-0.3, -0.25) is 14.4 Å². The quantitative estimate of drug-likeness (QED) is 0.0228. The molecule has 1 heterocycles. The first-order valence-corrected chi connectivity index (χ1v) is 29.9. The third-order valence-electron chi connectivity index (χ3n) is 12.8. The van der Waals surface area contributed by atoms with Crippen LogP contribution in [0.2, 0.25) is 0 Å². The van der Waals surface area contributed by atoms with E-state index in [-0.39, 0.29) is 25.9 Å². The van der Waals surface area contributed by atoms with Gasteiger partial charge in [-0.1, -0.05) is 214 Å². The average molecular weight is 1080 g/mol. The van der Waals surface area contributed by atoms with Crippen molar-refractivity contribution in [3.63, 3.8) is 0 Å². The molecular weight excluding hydrogens is 973 g/mol. The number of aliphatic hydroxyl groups is 2. The molecule has 0 radical (unpaired) electrons.